The number of nitrogen functional groups attached to an aromatic ring is 1. The average Bonchev–Trinajstić information content (AvgIpc) is 2.24. The van der Waals surface area contributed by atoms with E-state index >= 15 is 0 Å². The van der Waals surface area contributed by atoms with Crippen LogP contribution in [-0.4, -0.2) is 35.6 Å². The molecular weight excluding hydrogens is 222 g/mol. The van der Waals surface area contributed by atoms with Crippen molar-refractivity contribution in [1.82, 2.24) is 15.3 Å². The first-order valence-electron chi connectivity index (χ1n) is 5.23. The number of aromatic nitrogens is 2. The first-order valence-corrected chi connectivity index (χ1v) is 5.23. The van der Waals surface area contributed by atoms with Gasteiger partial charge in [-0.05, 0) is 13.8 Å². The van der Waals surface area contributed by atoms with E-state index in [1.165, 1.54) is 7.11 Å². The van der Waals surface area contributed by atoms with Crippen molar-refractivity contribution in [2.75, 3.05) is 24.7 Å². The van der Waals surface area contributed by atoms with Crippen LogP contribution in [0.25, 0.3) is 0 Å². The lowest BCUT2D eigenvalue weighted by molar-refractivity contribution is -0.119. The Hall–Kier alpha value is -2.05. The number of amides is 1. The van der Waals surface area contributed by atoms with E-state index in [9.17, 15) is 4.79 Å². The molecule has 0 atom stereocenters. The van der Waals surface area contributed by atoms with Crippen molar-refractivity contribution >= 4 is 17.7 Å². The summed E-state index contributed by atoms with van der Waals surface area (Å²) in [7, 11) is 1.48. The van der Waals surface area contributed by atoms with Gasteiger partial charge in [-0.3, -0.25) is 4.79 Å². The molecule has 0 saturated heterocycles. The van der Waals surface area contributed by atoms with Gasteiger partial charge in [0.05, 0.1) is 13.7 Å². The number of hydrogen-bond acceptors (Lipinski definition) is 6. The number of methoxy groups -OCH3 is 1. The molecule has 1 rings (SSSR count). The summed E-state index contributed by atoms with van der Waals surface area (Å²) in [6.45, 7) is 3.91. The fraction of sp³-hybridized carbons (Fsp3) is 0.500. The van der Waals surface area contributed by atoms with Gasteiger partial charge in [-0.15, -0.1) is 0 Å². The van der Waals surface area contributed by atoms with Gasteiger partial charge >= 0.3 is 0 Å². The van der Waals surface area contributed by atoms with Crippen LogP contribution in [0.2, 0.25) is 0 Å². The van der Waals surface area contributed by atoms with Crippen molar-refractivity contribution in [2.24, 2.45) is 0 Å². The average molecular weight is 239 g/mol. The first-order chi connectivity index (χ1) is 8.01. The molecule has 0 fully saturated rings. The summed E-state index contributed by atoms with van der Waals surface area (Å²) in [6, 6.07) is 1.67. The molecule has 0 spiro atoms. The topological polar surface area (TPSA) is 102 Å². The number of anilines is 2. The predicted molar refractivity (Wildman–Crippen MR) is 64.8 cm³/mol. The smallest absolute Gasteiger partial charge is 0.239 e. The van der Waals surface area contributed by atoms with Gasteiger partial charge in [0.25, 0.3) is 0 Å². The summed E-state index contributed by atoms with van der Waals surface area (Å²) >= 11 is 0. The van der Waals surface area contributed by atoms with Gasteiger partial charge in [0, 0.05) is 12.1 Å². The van der Waals surface area contributed by atoms with E-state index in [0.717, 1.165) is 0 Å². The summed E-state index contributed by atoms with van der Waals surface area (Å²) in [5.41, 5.74) is 5.48. The molecule has 0 aromatic carbocycles. The molecule has 0 aliphatic heterocycles. The Morgan fingerprint density at radius 1 is 1.53 bits per heavy atom. The molecule has 7 heteroatoms. The van der Waals surface area contributed by atoms with Crippen LogP contribution in [0.3, 0.4) is 0 Å². The Morgan fingerprint density at radius 3 is 2.82 bits per heavy atom. The van der Waals surface area contributed by atoms with E-state index in [0.29, 0.717) is 11.7 Å². The molecule has 0 aliphatic rings. The molecule has 4 N–H and O–H groups in total. The number of ether oxygens (including phenoxy) is 1. The largest absolute Gasteiger partial charge is 0.481 e. The molecule has 17 heavy (non-hydrogen) atoms. The van der Waals surface area contributed by atoms with Gasteiger partial charge < -0.3 is 21.1 Å². The van der Waals surface area contributed by atoms with Crippen molar-refractivity contribution in [3.8, 4) is 5.88 Å². The lowest BCUT2D eigenvalue weighted by Gasteiger charge is -2.10. The van der Waals surface area contributed by atoms with Crippen molar-refractivity contribution in [3.05, 3.63) is 6.07 Å². The lowest BCUT2D eigenvalue weighted by Crippen LogP contribution is -2.35. The second-order valence-electron chi connectivity index (χ2n) is 3.73. The summed E-state index contributed by atoms with van der Waals surface area (Å²) in [4.78, 5) is 19.1. The molecule has 0 saturated carbocycles. The summed E-state index contributed by atoms with van der Waals surface area (Å²) < 4.78 is 4.94. The van der Waals surface area contributed by atoms with Crippen LogP contribution in [0.4, 0.5) is 11.8 Å². The van der Waals surface area contributed by atoms with Gasteiger partial charge in [0.15, 0.2) is 0 Å². The number of nitrogens with zero attached hydrogens (tertiary/aromatic N) is 2. The van der Waals surface area contributed by atoms with E-state index in [2.05, 4.69) is 20.6 Å². The highest BCUT2D eigenvalue weighted by Crippen LogP contribution is 2.13. The molecule has 0 bridgehead atoms. The summed E-state index contributed by atoms with van der Waals surface area (Å²) in [6.07, 6.45) is 0. The van der Waals surface area contributed by atoms with Crippen molar-refractivity contribution < 1.29 is 9.53 Å². The van der Waals surface area contributed by atoms with Gasteiger partial charge in [-0.25, -0.2) is 0 Å². The third kappa shape index (κ3) is 4.54. The van der Waals surface area contributed by atoms with Crippen LogP contribution in [0.15, 0.2) is 6.07 Å². The fourth-order valence-electron chi connectivity index (χ4n) is 1.18. The molecule has 1 heterocycles. The zero-order valence-corrected chi connectivity index (χ0v) is 10.2. The molecule has 0 aliphatic carbocycles. The Balaban J connectivity index is 2.57. The molecule has 94 valence electrons. The van der Waals surface area contributed by atoms with Gasteiger partial charge in [0.2, 0.25) is 17.7 Å². The van der Waals surface area contributed by atoms with Crippen LogP contribution in [0.1, 0.15) is 13.8 Å². The zero-order chi connectivity index (χ0) is 12.8. The molecule has 7 nitrogen and oxygen atoms in total. The van der Waals surface area contributed by atoms with Gasteiger partial charge in [-0.2, -0.15) is 9.97 Å². The van der Waals surface area contributed by atoms with E-state index in [-0.39, 0.29) is 24.4 Å². The van der Waals surface area contributed by atoms with E-state index in [4.69, 9.17) is 10.5 Å². The number of nitrogens with one attached hydrogen (secondary N) is 2. The highest BCUT2D eigenvalue weighted by Gasteiger charge is 2.05. The van der Waals surface area contributed by atoms with Gasteiger partial charge in [0.1, 0.15) is 5.82 Å². The summed E-state index contributed by atoms with van der Waals surface area (Å²) in [5, 5.41) is 5.59. The maximum atomic E-state index is 11.4. The quantitative estimate of drug-likeness (QED) is 0.668. The number of carbonyl (C=O) groups is 1. The molecule has 0 unspecified atom stereocenters. The van der Waals surface area contributed by atoms with Crippen LogP contribution in [0.5, 0.6) is 5.88 Å². The van der Waals surface area contributed by atoms with Crippen molar-refractivity contribution in [1.29, 1.82) is 0 Å². The van der Waals surface area contributed by atoms with Crippen LogP contribution in [0, 0.1) is 0 Å². The number of nitrogens with two attached hydrogens (primary N) is 1. The van der Waals surface area contributed by atoms with E-state index < -0.39 is 0 Å². The molecule has 1 aromatic rings. The second kappa shape index (κ2) is 5.88. The minimum atomic E-state index is -0.115. The molecule has 0 radical (unpaired) electrons. The number of rotatable bonds is 5. The predicted octanol–water partition coefficient (Wildman–Crippen LogP) is 0.00390. The number of hydrogen-bond donors (Lipinski definition) is 3. The van der Waals surface area contributed by atoms with Crippen molar-refractivity contribution in [2.45, 2.75) is 19.9 Å². The van der Waals surface area contributed by atoms with Crippen molar-refractivity contribution in [3.63, 3.8) is 0 Å². The first kappa shape index (κ1) is 13.0. The van der Waals surface area contributed by atoms with E-state index in [1.807, 2.05) is 13.8 Å². The monoisotopic (exact) mass is 239 g/mol. The minimum Gasteiger partial charge on any atom is -0.481 e. The standard InChI is InChI=1S/C10H17N5O2/c1-6(2)13-8(16)5-12-7-4-9(17-3)15-10(11)14-7/h4,6H,5H2,1-3H3,(H,13,16)(H3,11,12,14,15). The highest BCUT2D eigenvalue weighted by molar-refractivity contribution is 5.80. The lowest BCUT2D eigenvalue weighted by atomic mass is 10.4. The Morgan fingerprint density at radius 2 is 2.24 bits per heavy atom. The fourth-order valence-corrected chi connectivity index (χ4v) is 1.18. The molecule has 1 aromatic heterocycles. The molecular formula is C10H17N5O2. The van der Waals surface area contributed by atoms with Crippen LogP contribution >= 0.6 is 0 Å². The third-order valence-electron chi connectivity index (χ3n) is 1.81. The SMILES string of the molecule is COc1cc(NCC(=O)NC(C)C)nc(N)n1. The Kier molecular flexibility index (Phi) is 4.50. The second-order valence-corrected chi connectivity index (χ2v) is 3.73. The van der Waals surface area contributed by atoms with Crippen LogP contribution in [-0.2, 0) is 4.79 Å². The maximum Gasteiger partial charge on any atom is 0.239 e. The van der Waals surface area contributed by atoms with Gasteiger partial charge in [-0.1, -0.05) is 0 Å². The molecule has 1 amide bonds. The Bertz CT molecular complexity index is 394. The Labute approximate surface area is 99.8 Å². The normalized spacial score (nSPS) is 10.1. The summed E-state index contributed by atoms with van der Waals surface area (Å²) in [5.74, 6) is 0.782. The zero-order valence-electron chi connectivity index (χ0n) is 10.2. The highest BCUT2D eigenvalue weighted by atomic mass is 16.5. The third-order valence-corrected chi connectivity index (χ3v) is 1.81. The van der Waals surface area contributed by atoms with Crippen LogP contribution < -0.4 is 21.1 Å². The van der Waals surface area contributed by atoms with E-state index in [1.54, 1.807) is 6.07 Å². The minimum absolute atomic E-state index is 0.0936. The number of carbonyl (C=O) groups excluding carboxylic acids is 1. The maximum absolute atomic E-state index is 11.4.